The highest BCUT2D eigenvalue weighted by Gasteiger charge is 2.13. The Labute approximate surface area is 171 Å². The van der Waals surface area contributed by atoms with Gasteiger partial charge in [-0.2, -0.15) is 0 Å². The summed E-state index contributed by atoms with van der Waals surface area (Å²) in [6.45, 7) is 10.6. The highest BCUT2D eigenvalue weighted by atomic mass is 14.7. The minimum Gasteiger partial charge on any atom is -0.261 e. The number of pyridine rings is 1. The van der Waals surface area contributed by atoms with Crippen LogP contribution in [-0.4, -0.2) is 11.2 Å². The van der Waals surface area contributed by atoms with E-state index in [0.29, 0.717) is 0 Å². The minimum absolute atomic E-state index is 1.04. The van der Waals surface area contributed by atoms with Crippen LogP contribution in [0.25, 0.3) is 11.1 Å². The van der Waals surface area contributed by atoms with Crippen LogP contribution in [0.1, 0.15) is 75.9 Å². The molecule has 0 atom stereocenters. The molecule has 1 aromatic carbocycles. The molecule has 0 saturated heterocycles. The van der Waals surface area contributed by atoms with E-state index in [0.717, 1.165) is 36.3 Å². The van der Waals surface area contributed by atoms with E-state index in [1.54, 1.807) is 0 Å². The Morgan fingerprint density at radius 3 is 2.50 bits per heavy atom. The summed E-state index contributed by atoms with van der Waals surface area (Å²) >= 11 is 0. The molecule has 0 aliphatic carbocycles. The molecule has 0 unspecified atom stereocenters. The van der Waals surface area contributed by atoms with Gasteiger partial charge >= 0.3 is 0 Å². The standard InChI is InChI=1S/C26H34N2/c1-6-10-11-15-24(25-16-12-14-20(5)28-25)23(8-3)22-18-17-21(13-7-2)26(19-22)27-9-4/h8-9,12,14-19H,6-7,10-11,13H2,1-5H3/b23-8-,24-15+,27-9?. The lowest BCUT2D eigenvalue weighted by Crippen LogP contribution is -1.97. The molecule has 1 heterocycles. The first-order valence-electron chi connectivity index (χ1n) is 10.6. The molecule has 0 fully saturated rings. The van der Waals surface area contributed by atoms with E-state index in [4.69, 9.17) is 4.98 Å². The lowest BCUT2D eigenvalue weighted by Gasteiger charge is -2.15. The molecule has 2 rings (SSSR count). The molecule has 2 aromatic rings. The normalized spacial score (nSPS) is 12.8. The van der Waals surface area contributed by atoms with E-state index in [2.05, 4.69) is 81.2 Å². The van der Waals surface area contributed by atoms with Crippen LogP contribution in [-0.2, 0) is 6.42 Å². The third-order valence-corrected chi connectivity index (χ3v) is 4.83. The fraction of sp³-hybridized carbons (Fsp3) is 0.385. The van der Waals surface area contributed by atoms with Gasteiger partial charge in [-0.1, -0.05) is 63.5 Å². The second-order valence-corrected chi connectivity index (χ2v) is 7.11. The second kappa shape index (κ2) is 11.4. The van der Waals surface area contributed by atoms with Gasteiger partial charge < -0.3 is 0 Å². The van der Waals surface area contributed by atoms with Gasteiger partial charge in [0.2, 0.25) is 0 Å². The first-order chi connectivity index (χ1) is 13.6. The number of aryl methyl sites for hydroxylation is 2. The van der Waals surface area contributed by atoms with Crippen LogP contribution >= 0.6 is 0 Å². The molecule has 28 heavy (non-hydrogen) atoms. The van der Waals surface area contributed by atoms with Crippen molar-refractivity contribution < 1.29 is 0 Å². The molecule has 0 radical (unpaired) electrons. The van der Waals surface area contributed by atoms with Gasteiger partial charge in [-0.05, 0) is 68.5 Å². The maximum absolute atomic E-state index is 4.81. The Balaban J connectivity index is 2.54. The van der Waals surface area contributed by atoms with Crippen molar-refractivity contribution in [1.29, 1.82) is 0 Å². The zero-order chi connectivity index (χ0) is 20.4. The quantitative estimate of drug-likeness (QED) is 0.250. The molecular weight excluding hydrogens is 340 g/mol. The van der Waals surface area contributed by atoms with Crippen LogP contribution in [0.4, 0.5) is 5.69 Å². The van der Waals surface area contributed by atoms with Crippen LogP contribution < -0.4 is 0 Å². The van der Waals surface area contributed by atoms with Gasteiger partial charge in [-0.25, -0.2) is 0 Å². The summed E-state index contributed by atoms with van der Waals surface area (Å²) in [7, 11) is 0. The highest BCUT2D eigenvalue weighted by Crippen LogP contribution is 2.34. The number of benzene rings is 1. The zero-order valence-corrected chi connectivity index (χ0v) is 18.1. The summed E-state index contributed by atoms with van der Waals surface area (Å²) < 4.78 is 0. The second-order valence-electron chi connectivity index (χ2n) is 7.11. The van der Waals surface area contributed by atoms with Crippen molar-refractivity contribution in [3.63, 3.8) is 0 Å². The number of aliphatic imine (C=N–C) groups is 1. The lowest BCUT2D eigenvalue weighted by atomic mass is 9.92. The van der Waals surface area contributed by atoms with Crippen LogP contribution in [0.2, 0.25) is 0 Å². The number of hydrogen-bond acceptors (Lipinski definition) is 2. The Morgan fingerprint density at radius 1 is 1.04 bits per heavy atom. The average Bonchev–Trinajstić information content (AvgIpc) is 2.69. The number of unbranched alkanes of at least 4 members (excludes halogenated alkanes) is 2. The van der Waals surface area contributed by atoms with E-state index in [9.17, 15) is 0 Å². The predicted molar refractivity (Wildman–Crippen MR) is 124 cm³/mol. The molecular formula is C26H34N2. The zero-order valence-electron chi connectivity index (χ0n) is 18.1. The van der Waals surface area contributed by atoms with E-state index < -0.39 is 0 Å². The molecule has 2 heteroatoms. The molecule has 0 aliphatic heterocycles. The molecule has 1 aromatic heterocycles. The molecule has 0 bridgehead atoms. The fourth-order valence-corrected chi connectivity index (χ4v) is 3.45. The smallest absolute Gasteiger partial charge is 0.0708 e. The van der Waals surface area contributed by atoms with Gasteiger partial charge in [0.15, 0.2) is 0 Å². The van der Waals surface area contributed by atoms with Crippen LogP contribution in [0, 0.1) is 6.92 Å². The Morgan fingerprint density at radius 2 is 1.86 bits per heavy atom. The first-order valence-corrected chi connectivity index (χ1v) is 10.6. The summed E-state index contributed by atoms with van der Waals surface area (Å²) in [5, 5.41) is 0. The number of rotatable bonds is 9. The highest BCUT2D eigenvalue weighted by molar-refractivity contribution is 6.04. The number of allylic oxidation sites excluding steroid dienone is 4. The summed E-state index contributed by atoms with van der Waals surface area (Å²) in [6.07, 6.45) is 12.1. The van der Waals surface area contributed by atoms with Gasteiger partial charge in [0.05, 0.1) is 11.4 Å². The summed E-state index contributed by atoms with van der Waals surface area (Å²) in [4.78, 5) is 9.45. The SMILES string of the molecule is CC=Nc1cc(C(=C/C)/C(=C\CCCC)c2cccc(C)n2)ccc1CCC. The van der Waals surface area contributed by atoms with Crippen molar-refractivity contribution in [3.05, 3.63) is 71.1 Å². The number of aromatic nitrogens is 1. The van der Waals surface area contributed by atoms with Crippen LogP contribution in [0.15, 0.2) is 53.5 Å². The maximum atomic E-state index is 4.81. The number of hydrogen-bond donors (Lipinski definition) is 0. The monoisotopic (exact) mass is 374 g/mol. The maximum Gasteiger partial charge on any atom is 0.0708 e. The molecule has 148 valence electrons. The minimum atomic E-state index is 1.04. The van der Waals surface area contributed by atoms with Crippen molar-refractivity contribution in [3.8, 4) is 0 Å². The molecule has 0 amide bonds. The molecule has 0 aliphatic rings. The summed E-state index contributed by atoms with van der Waals surface area (Å²) in [6, 6.07) is 13.0. The fourth-order valence-electron chi connectivity index (χ4n) is 3.45. The van der Waals surface area contributed by atoms with Gasteiger partial charge in [0.25, 0.3) is 0 Å². The molecule has 0 spiro atoms. The van der Waals surface area contributed by atoms with Crippen molar-refractivity contribution in [2.75, 3.05) is 0 Å². The molecule has 0 N–H and O–H groups in total. The van der Waals surface area contributed by atoms with Crippen molar-refractivity contribution in [2.45, 2.75) is 66.7 Å². The van der Waals surface area contributed by atoms with Gasteiger partial charge in [0, 0.05) is 17.5 Å². The van der Waals surface area contributed by atoms with Gasteiger partial charge in [-0.15, -0.1) is 0 Å². The van der Waals surface area contributed by atoms with E-state index in [1.807, 2.05) is 13.1 Å². The largest absolute Gasteiger partial charge is 0.261 e. The van der Waals surface area contributed by atoms with Crippen LogP contribution in [0.5, 0.6) is 0 Å². The Hall–Kier alpha value is -2.48. The van der Waals surface area contributed by atoms with Crippen molar-refractivity contribution >= 4 is 23.0 Å². The van der Waals surface area contributed by atoms with E-state index in [1.165, 1.54) is 35.1 Å². The van der Waals surface area contributed by atoms with Crippen molar-refractivity contribution in [1.82, 2.24) is 4.98 Å². The Bertz CT molecular complexity index is 856. The van der Waals surface area contributed by atoms with Gasteiger partial charge in [-0.3, -0.25) is 9.98 Å². The number of nitrogens with zero attached hydrogens (tertiary/aromatic N) is 2. The topological polar surface area (TPSA) is 25.2 Å². The van der Waals surface area contributed by atoms with Crippen LogP contribution in [0.3, 0.4) is 0 Å². The summed E-state index contributed by atoms with van der Waals surface area (Å²) in [5.41, 5.74) is 8.12. The Kier molecular flexibility index (Phi) is 8.87. The van der Waals surface area contributed by atoms with Crippen molar-refractivity contribution in [2.24, 2.45) is 4.99 Å². The van der Waals surface area contributed by atoms with Gasteiger partial charge in [0.1, 0.15) is 0 Å². The summed E-state index contributed by atoms with van der Waals surface area (Å²) in [5.74, 6) is 0. The third kappa shape index (κ3) is 5.76. The average molecular weight is 375 g/mol. The van der Waals surface area contributed by atoms with E-state index in [-0.39, 0.29) is 0 Å². The predicted octanol–water partition coefficient (Wildman–Crippen LogP) is 7.74. The molecule has 2 nitrogen and oxygen atoms in total. The van der Waals surface area contributed by atoms with E-state index >= 15 is 0 Å². The lowest BCUT2D eigenvalue weighted by molar-refractivity contribution is 0.815. The molecule has 0 saturated carbocycles. The third-order valence-electron chi connectivity index (χ3n) is 4.83. The first kappa shape index (κ1) is 21.8.